The van der Waals surface area contributed by atoms with Crippen molar-refractivity contribution in [3.05, 3.63) is 21.9 Å². The highest BCUT2D eigenvalue weighted by Gasteiger charge is 2.24. The Morgan fingerprint density at radius 3 is 2.65 bits per heavy atom. The van der Waals surface area contributed by atoms with Crippen LogP contribution in [0.4, 0.5) is 0 Å². The minimum absolute atomic E-state index is 0.108. The average Bonchev–Trinajstić information content (AvgIpc) is 2.73. The normalized spacial score (nSPS) is 24.8. The highest BCUT2D eigenvalue weighted by molar-refractivity contribution is 7.11. The van der Waals surface area contributed by atoms with Crippen molar-refractivity contribution in [2.45, 2.75) is 45.2 Å². The second-order valence-electron chi connectivity index (χ2n) is 4.84. The topological polar surface area (TPSA) is 55.1 Å². The molecule has 1 saturated carbocycles. The van der Waals surface area contributed by atoms with Gasteiger partial charge in [-0.05, 0) is 44.7 Å². The van der Waals surface area contributed by atoms with E-state index in [0.717, 1.165) is 32.2 Å². The predicted molar refractivity (Wildman–Crippen MR) is 70.8 cm³/mol. The number of nitrogens with two attached hydrogens (primary N) is 1. The smallest absolute Gasteiger partial charge is 0.220 e. The third-order valence-electron chi connectivity index (χ3n) is 3.49. The van der Waals surface area contributed by atoms with Crippen LogP contribution in [0.3, 0.4) is 0 Å². The van der Waals surface area contributed by atoms with E-state index in [4.69, 9.17) is 5.73 Å². The van der Waals surface area contributed by atoms with E-state index >= 15 is 0 Å². The van der Waals surface area contributed by atoms with Gasteiger partial charge in [-0.15, -0.1) is 11.3 Å². The summed E-state index contributed by atoms with van der Waals surface area (Å²) in [6.07, 6.45) is 4.02. The molecule has 1 amide bonds. The Morgan fingerprint density at radius 1 is 1.41 bits per heavy atom. The van der Waals surface area contributed by atoms with E-state index in [1.54, 1.807) is 0 Å². The maximum atomic E-state index is 11.0. The van der Waals surface area contributed by atoms with Gasteiger partial charge in [0.2, 0.25) is 5.91 Å². The largest absolute Gasteiger partial charge is 0.369 e. The van der Waals surface area contributed by atoms with E-state index < -0.39 is 0 Å². The highest BCUT2D eigenvalue weighted by atomic mass is 32.1. The van der Waals surface area contributed by atoms with E-state index in [9.17, 15) is 4.79 Å². The van der Waals surface area contributed by atoms with Crippen LogP contribution in [0.5, 0.6) is 0 Å². The van der Waals surface area contributed by atoms with Crippen LogP contribution >= 0.6 is 11.3 Å². The summed E-state index contributed by atoms with van der Waals surface area (Å²) in [5.41, 5.74) is 5.32. The Balaban J connectivity index is 1.73. The van der Waals surface area contributed by atoms with Gasteiger partial charge >= 0.3 is 0 Å². The number of hydrogen-bond donors (Lipinski definition) is 2. The van der Waals surface area contributed by atoms with Gasteiger partial charge < -0.3 is 11.1 Å². The average molecular weight is 252 g/mol. The van der Waals surface area contributed by atoms with Gasteiger partial charge in [-0.1, -0.05) is 0 Å². The molecule has 3 nitrogen and oxygen atoms in total. The van der Waals surface area contributed by atoms with Crippen LogP contribution < -0.4 is 11.1 Å². The molecule has 0 spiro atoms. The van der Waals surface area contributed by atoms with Crippen molar-refractivity contribution < 1.29 is 4.79 Å². The van der Waals surface area contributed by atoms with E-state index in [1.165, 1.54) is 9.75 Å². The van der Waals surface area contributed by atoms with Gasteiger partial charge in [-0.3, -0.25) is 4.79 Å². The van der Waals surface area contributed by atoms with Crippen molar-refractivity contribution in [3.63, 3.8) is 0 Å². The molecule has 0 unspecified atom stereocenters. The molecule has 17 heavy (non-hydrogen) atoms. The summed E-state index contributed by atoms with van der Waals surface area (Å²) in [7, 11) is 0. The lowest BCUT2D eigenvalue weighted by Crippen LogP contribution is -2.36. The number of rotatable bonds is 4. The third-order valence-corrected chi connectivity index (χ3v) is 4.49. The first-order valence-electron chi connectivity index (χ1n) is 6.23. The first kappa shape index (κ1) is 12.6. The summed E-state index contributed by atoms with van der Waals surface area (Å²) in [5, 5.41) is 3.57. The van der Waals surface area contributed by atoms with Gasteiger partial charge in [0.25, 0.3) is 0 Å². The van der Waals surface area contributed by atoms with E-state index in [-0.39, 0.29) is 11.8 Å². The molecule has 1 fully saturated rings. The fourth-order valence-electron chi connectivity index (χ4n) is 2.41. The molecule has 1 aliphatic rings. The lowest BCUT2D eigenvalue weighted by Gasteiger charge is -2.27. The molecular weight excluding hydrogens is 232 g/mol. The van der Waals surface area contributed by atoms with Gasteiger partial charge in [0, 0.05) is 28.3 Å². The number of carbonyl (C=O) groups excluding carboxylic acids is 1. The van der Waals surface area contributed by atoms with Crippen LogP contribution in [0.15, 0.2) is 12.1 Å². The Bertz CT molecular complexity index is 381. The van der Waals surface area contributed by atoms with Crippen molar-refractivity contribution in [1.82, 2.24) is 5.32 Å². The van der Waals surface area contributed by atoms with Crippen LogP contribution in [-0.4, -0.2) is 11.9 Å². The van der Waals surface area contributed by atoms with E-state index in [2.05, 4.69) is 24.4 Å². The molecule has 0 radical (unpaired) electrons. The Morgan fingerprint density at radius 2 is 2.12 bits per heavy atom. The first-order chi connectivity index (χ1) is 8.15. The molecule has 0 aromatic carbocycles. The fourth-order valence-corrected chi connectivity index (χ4v) is 3.25. The molecule has 1 aliphatic carbocycles. The van der Waals surface area contributed by atoms with Gasteiger partial charge in [-0.25, -0.2) is 0 Å². The van der Waals surface area contributed by atoms with Crippen LogP contribution in [0.1, 0.15) is 35.4 Å². The molecule has 0 atom stereocenters. The molecule has 1 aromatic heterocycles. The Labute approximate surface area is 106 Å². The van der Waals surface area contributed by atoms with Gasteiger partial charge in [0.05, 0.1) is 0 Å². The molecule has 1 heterocycles. The number of thiophene rings is 1. The molecule has 3 N–H and O–H groups in total. The Kier molecular flexibility index (Phi) is 4.18. The maximum absolute atomic E-state index is 11.0. The molecule has 4 heteroatoms. The highest BCUT2D eigenvalue weighted by Crippen LogP contribution is 2.24. The zero-order chi connectivity index (χ0) is 12.3. The number of aryl methyl sites for hydroxylation is 1. The van der Waals surface area contributed by atoms with Gasteiger partial charge in [0.15, 0.2) is 0 Å². The predicted octanol–water partition coefficient (Wildman–Crippen LogP) is 2.19. The lowest BCUT2D eigenvalue weighted by atomic mass is 9.85. The number of hydrogen-bond acceptors (Lipinski definition) is 3. The molecule has 0 saturated heterocycles. The minimum atomic E-state index is -0.127. The molecule has 94 valence electrons. The summed E-state index contributed by atoms with van der Waals surface area (Å²) in [6.45, 7) is 3.08. The molecular formula is C13H20N2OS. The van der Waals surface area contributed by atoms with Crippen molar-refractivity contribution in [1.29, 1.82) is 0 Å². The number of carbonyl (C=O) groups is 1. The second-order valence-corrected chi connectivity index (χ2v) is 6.22. The van der Waals surface area contributed by atoms with Crippen LogP contribution in [-0.2, 0) is 11.3 Å². The SMILES string of the molecule is Cc1ccc(CNC2CCC(C(N)=O)CC2)s1. The fraction of sp³-hybridized carbons (Fsp3) is 0.615. The van der Waals surface area contributed by atoms with Crippen LogP contribution in [0.25, 0.3) is 0 Å². The number of nitrogens with one attached hydrogen (secondary N) is 1. The van der Waals surface area contributed by atoms with E-state index in [1.807, 2.05) is 11.3 Å². The molecule has 1 aromatic rings. The number of amides is 1. The molecule has 0 bridgehead atoms. The zero-order valence-corrected chi connectivity index (χ0v) is 11.1. The summed E-state index contributed by atoms with van der Waals surface area (Å²) in [4.78, 5) is 13.8. The Hall–Kier alpha value is -0.870. The zero-order valence-electron chi connectivity index (χ0n) is 10.2. The van der Waals surface area contributed by atoms with Crippen LogP contribution in [0, 0.1) is 12.8 Å². The summed E-state index contributed by atoms with van der Waals surface area (Å²) >= 11 is 1.85. The number of primary amides is 1. The standard InChI is InChI=1S/C13H20N2OS/c1-9-2-7-12(17-9)8-15-11-5-3-10(4-6-11)13(14)16/h2,7,10-11,15H,3-6,8H2,1H3,(H2,14,16). The van der Waals surface area contributed by atoms with Crippen LogP contribution in [0.2, 0.25) is 0 Å². The monoisotopic (exact) mass is 252 g/mol. The summed E-state index contributed by atoms with van der Waals surface area (Å²) in [6, 6.07) is 4.89. The van der Waals surface area contributed by atoms with E-state index in [0.29, 0.717) is 6.04 Å². The van der Waals surface area contributed by atoms with Crippen molar-refractivity contribution in [3.8, 4) is 0 Å². The molecule has 2 rings (SSSR count). The quantitative estimate of drug-likeness (QED) is 0.863. The third kappa shape index (κ3) is 3.54. The van der Waals surface area contributed by atoms with Gasteiger partial charge in [0.1, 0.15) is 0 Å². The van der Waals surface area contributed by atoms with Crippen molar-refractivity contribution in [2.24, 2.45) is 11.7 Å². The first-order valence-corrected chi connectivity index (χ1v) is 7.05. The minimum Gasteiger partial charge on any atom is -0.369 e. The van der Waals surface area contributed by atoms with Crippen molar-refractivity contribution >= 4 is 17.2 Å². The second kappa shape index (κ2) is 5.65. The molecule has 0 aliphatic heterocycles. The summed E-state index contributed by atoms with van der Waals surface area (Å²) in [5.74, 6) is -0.0191. The lowest BCUT2D eigenvalue weighted by molar-refractivity contribution is -0.122. The van der Waals surface area contributed by atoms with Crippen molar-refractivity contribution in [2.75, 3.05) is 0 Å². The maximum Gasteiger partial charge on any atom is 0.220 e. The van der Waals surface area contributed by atoms with Gasteiger partial charge in [-0.2, -0.15) is 0 Å². The summed E-state index contributed by atoms with van der Waals surface area (Å²) < 4.78 is 0.